The summed E-state index contributed by atoms with van der Waals surface area (Å²) in [7, 11) is 0. The second-order valence-corrected chi connectivity index (χ2v) is 4.77. The van der Waals surface area contributed by atoms with Gasteiger partial charge < -0.3 is 5.32 Å². The minimum atomic E-state index is 0.0505. The first-order valence-corrected chi connectivity index (χ1v) is 7.00. The molecule has 0 aliphatic rings. The molecular formula is C14H19ClN4. The molecule has 0 amide bonds. The fourth-order valence-electron chi connectivity index (χ4n) is 2.18. The van der Waals surface area contributed by atoms with Crippen molar-refractivity contribution in [3.63, 3.8) is 0 Å². The van der Waals surface area contributed by atoms with Crippen molar-refractivity contribution in [1.82, 2.24) is 20.1 Å². The first-order valence-electron chi connectivity index (χ1n) is 6.62. The number of halogens is 1. The Morgan fingerprint density at radius 3 is 2.84 bits per heavy atom. The highest BCUT2D eigenvalue weighted by Crippen LogP contribution is 2.27. The smallest absolute Gasteiger partial charge is 0.0763 e. The molecule has 0 aliphatic carbocycles. The molecule has 1 N–H and O–H groups in total. The number of hydrogen-bond donors (Lipinski definition) is 1. The van der Waals surface area contributed by atoms with E-state index < -0.39 is 0 Å². The third-order valence-electron chi connectivity index (χ3n) is 3.00. The van der Waals surface area contributed by atoms with E-state index in [-0.39, 0.29) is 6.04 Å². The molecule has 2 heterocycles. The van der Waals surface area contributed by atoms with Crippen LogP contribution in [0.15, 0.2) is 30.7 Å². The van der Waals surface area contributed by atoms with Crippen LogP contribution in [0.5, 0.6) is 0 Å². The lowest BCUT2D eigenvalue weighted by Gasteiger charge is -2.20. The zero-order chi connectivity index (χ0) is 13.7. The molecule has 0 radical (unpaired) electrons. The maximum atomic E-state index is 6.27. The predicted octanol–water partition coefficient (Wildman–Crippen LogP) is 3.04. The van der Waals surface area contributed by atoms with Crippen LogP contribution in [0.2, 0.25) is 5.02 Å². The normalized spacial score (nSPS) is 12.6. The summed E-state index contributed by atoms with van der Waals surface area (Å²) in [5, 5.41) is 8.53. The quantitative estimate of drug-likeness (QED) is 0.883. The van der Waals surface area contributed by atoms with Crippen molar-refractivity contribution < 1.29 is 0 Å². The molecule has 0 fully saturated rings. The first kappa shape index (κ1) is 14.0. The Balaban J connectivity index is 2.40. The molecule has 2 rings (SSSR count). The molecule has 2 aromatic rings. The van der Waals surface area contributed by atoms with Crippen LogP contribution in [-0.4, -0.2) is 21.3 Å². The highest BCUT2D eigenvalue weighted by Gasteiger charge is 2.19. The van der Waals surface area contributed by atoms with Crippen LogP contribution in [0.25, 0.3) is 0 Å². The lowest BCUT2D eigenvalue weighted by Crippen LogP contribution is -2.25. The highest BCUT2D eigenvalue weighted by molar-refractivity contribution is 6.31. The van der Waals surface area contributed by atoms with Gasteiger partial charge in [-0.1, -0.05) is 25.4 Å². The summed E-state index contributed by atoms with van der Waals surface area (Å²) in [5.74, 6) is 0. The SMILES string of the molecule is CCCn1nccc1C(NCC)c1ccncc1Cl. The Hall–Kier alpha value is -1.39. The van der Waals surface area contributed by atoms with Gasteiger partial charge in [0.15, 0.2) is 0 Å². The zero-order valence-corrected chi connectivity index (χ0v) is 12.1. The van der Waals surface area contributed by atoms with Crippen molar-refractivity contribution in [1.29, 1.82) is 0 Å². The van der Waals surface area contributed by atoms with Crippen molar-refractivity contribution in [3.8, 4) is 0 Å². The second kappa shape index (κ2) is 6.68. The van der Waals surface area contributed by atoms with E-state index in [4.69, 9.17) is 11.6 Å². The van der Waals surface area contributed by atoms with Crippen LogP contribution in [0, 0.1) is 0 Å². The van der Waals surface area contributed by atoms with Crippen LogP contribution < -0.4 is 5.32 Å². The van der Waals surface area contributed by atoms with Crippen LogP contribution in [0.3, 0.4) is 0 Å². The standard InChI is InChI=1S/C14H19ClN4/c1-3-9-19-13(6-8-18-19)14(17-4-2)11-5-7-16-10-12(11)15/h5-8,10,14,17H,3-4,9H2,1-2H3. The number of hydrogen-bond acceptors (Lipinski definition) is 3. The van der Waals surface area contributed by atoms with E-state index in [0.29, 0.717) is 5.02 Å². The Morgan fingerprint density at radius 1 is 1.32 bits per heavy atom. The van der Waals surface area contributed by atoms with Gasteiger partial charge in [0.05, 0.1) is 16.8 Å². The molecule has 2 aromatic heterocycles. The van der Waals surface area contributed by atoms with Gasteiger partial charge in [0.25, 0.3) is 0 Å². The molecular weight excluding hydrogens is 260 g/mol. The van der Waals surface area contributed by atoms with Crippen LogP contribution in [0.4, 0.5) is 0 Å². The van der Waals surface area contributed by atoms with E-state index in [9.17, 15) is 0 Å². The number of aryl methyl sites for hydroxylation is 1. The van der Waals surface area contributed by atoms with E-state index in [0.717, 1.165) is 30.8 Å². The molecule has 1 unspecified atom stereocenters. The average molecular weight is 279 g/mol. The minimum Gasteiger partial charge on any atom is -0.305 e. The molecule has 1 atom stereocenters. The summed E-state index contributed by atoms with van der Waals surface area (Å²) in [4.78, 5) is 4.05. The summed E-state index contributed by atoms with van der Waals surface area (Å²) < 4.78 is 2.03. The third-order valence-corrected chi connectivity index (χ3v) is 3.32. The average Bonchev–Trinajstić information content (AvgIpc) is 2.86. The van der Waals surface area contributed by atoms with E-state index in [2.05, 4.69) is 29.2 Å². The predicted molar refractivity (Wildman–Crippen MR) is 77.3 cm³/mol. The molecule has 0 aliphatic heterocycles. The van der Waals surface area contributed by atoms with E-state index >= 15 is 0 Å². The number of rotatable bonds is 6. The fourth-order valence-corrected chi connectivity index (χ4v) is 2.41. The second-order valence-electron chi connectivity index (χ2n) is 4.37. The topological polar surface area (TPSA) is 42.7 Å². The zero-order valence-electron chi connectivity index (χ0n) is 11.3. The largest absolute Gasteiger partial charge is 0.305 e. The van der Waals surface area contributed by atoms with Crippen molar-refractivity contribution in [2.24, 2.45) is 0 Å². The maximum absolute atomic E-state index is 6.27. The molecule has 0 saturated heterocycles. The van der Waals surface area contributed by atoms with Gasteiger partial charge in [-0.05, 0) is 30.7 Å². The molecule has 102 valence electrons. The molecule has 5 heteroatoms. The number of aromatic nitrogens is 3. The van der Waals surface area contributed by atoms with Crippen molar-refractivity contribution in [3.05, 3.63) is 47.0 Å². The van der Waals surface area contributed by atoms with Gasteiger partial charge in [0.2, 0.25) is 0 Å². The van der Waals surface area contributed by atoms with Crippen LogP contribution in [0.1, 0.15) is 37.6 Å². The van der Waals surface area contributed by atoms with Crippen LogP contribution >= 0.6 is 11.6 Å². The summed E-state index contributed by atoms with van der Waals surface area (Å²) >= 11 is 6.27. The highest BCUT2D eigenvalue weighted by atomic mass is 35.5. The molecule has 0 bridgehead atoms. The number of nitrogens with one attached hydrogen (secondary N) is 1. The van der Waals surface area contributed by atoms with Crippen molar-refractivity contribution in [2.75, 3.05) is 6.54 Å². The van der Waals surface area contributed by atoms with Gasteiger partial charge in [0, 0.05) is 25.1 Å². The minimum absolute atomic E-state index is 0.0505. The molecule has 0 aromatic carbocycles. The molecule has 19 heavy (non-hydrogen) atoms. The summed E-state index contributed by atoms with van der Waals surface area (Å²) in [6, 6.07) is 4.05. The van der Waals surface area contributed by atoms with E-state index in [1.807, 2.05) is 23.0 Å². The summed E-state index contributed by atoms with van der Waals surface area (Å²) in [5.41, 5.74) is 2.17. The summed E-state index contributed by atoms with van der Waals surface area (Å²) in [6.45, 7) is 6.00. The first-order chi connectivity index (χ1) is 9.27. The van der Waals surface area contributed by atoms with Crippen LogP contribution in [-0.2, 0) is 6.54 Å². The van der Waals surface area contributed by atoms with Gasteiger partial charge in [-0.25, -0.2) is 0 Å². The summed E-state index contributed by atoms with van der Waals surface area (Å²) in [6.07, 6.45) is 6.34. The maximum Gasteiger partial charge on any atom is 0.0763 e. The van der Waals surface area contributed by atoms with E-state index in [1.54, 1.807) is 12.4 Å². The van der Waals surface area contributed by atoms with Crippen molar-refractivity contribution in [2.45, 2.75) is 32.9 Å². The van der Waals surface area contributed by atoms with Gasteiger partial charge in [-0.2, -0.15) is 5.10 Å². The molecule has 0 spiro atoms. The number of pyridine rings is 1. The fraction of sp³-hybridized carbons (Fsp3) is 0.429. The lowest BCUT2D eigenvalue weighted by molar-refractivity contribution is 0.520. The Morgan fingerprint density at radius 2 is 2.16 bits per heavy atom. The lowest BCUT2D eigenvalue weighted by atomic mass is 10.0. The Bertz CT molecular complexity index is 524. The van der Waals surface area contributed by atoms with Gasteiger partial charge >= 0.3 is 0 Å². The van der Waals surface area contributed by atoms with Gasteiger partial charge in [-0.3, -0.25) is 9.67 Å². The monoisotopic (exact) mass is 278 g/mol. The molecule has 4 nitrogen and oxygen atoms in total. The van der Waals surface area contributed by atoms with E-state index in [1.165, 1.54) is 0 Å². The Labute approximate surface area is 118 Å². The third kappa shape index (κ3) is 3.14. The Kier molecular flexibility index (Phi) is 4.93. The number of nitrogens with zero attached hydrogens (tertiary/aromatic N) is 3. The van der Waals surface area contributed by atoms with Gasteiger partial charge in [-0.15, -0.1) is 0 Å². The van der Waals surface area contributed by atoms with Gasteiger partial charge in [0.1, 0.15) is 0 Å². The van der Waals surface area contributed by atoms with Crippen molar-refractivity contribution >= 4 is 11.6 Å². The molecule has 0 saturated carbocycles.